The minimum Gasteiger partial charge on any atom is -0.298 e. The normalized spacial score (nSPS) is 23.8. The predicted molar refractivity (Wildman–Crippen MR) is 44.8 cm³/mol. The topological polar surface area (TPSA) is 70.2 Å². The van der Waals surface area contributed by atoms with Crippen molar-refractivity contribution in [3.63, 3.8) is 0 Å². The zero-order valence-electron chi connectivity index (χ0n) is 5.83. The van der Waals surface area contributed by atoms with Gasteiger partial charge in [0.1, 0.15) is 11.2 Å². The van der Waals surface area contributed by atoms with Crippen LogP contribution in [0.1, 0.15) is 6.42 Å². The monoisotopic (exact) mass is 209 g/mol. The highest BCUT2D eigenvalue weighted by molar-refractivity contribution is 6.27. The number of nitrogens with zero attached hydrogens (tertiary/aromatic N) is 2. The quantitative estimate of drug-likeness (QED) is 0.234. The highest BCUT2D eigenvalue weighted by atomic mass is 35.5. The standard InChI is InChI=1S/C5H5Cl2N3O2/c6-5-1-3(8)4(10(11)12)2-9(5)7/h2,5,8H,1H2. The van der Waals surface area contributed by atoms with Crippen LogP contribution in [0.5, 0.6) is 0 Å². The Labute approximate surface area is 78.3 Å². The average molecular weight is 210 g/mol. The Hall–Kier alpha value is -0.810. The molecule has 0 radical (unpaired) electrons. The van der Waals surface area contributed by atoms with Crippen molar-refractivity contribution in [1.82, 2.24) is 4.42 Å². The van der Waals surface area contributed by atoms with Crippen LogP contribution in [0.25, 0.3) is 0 Å². The maximum absolute atomic E-state index is 10.3. The molecule has 1 aliphatic heterocycles. The number of rotatable bonds is 1. The Morgan fingerprint density at radius 2 is 2.42 bits per heavy atom. The summed E-state index contributed by atoms with van der Waals surface area (Å²) in [4.78, 5) is 9.63. The predicted octanol–water partition coefficient (Wildman–Crippen LogP) is 1.55. The zero-order chi connectivity index (χ0) is 9.30. The van der Waals surface area contributed by atoms with E-state index in [4.69, 9.17) is 28.8 Å². The molecule has 1 aliphatic rings. The van der Waals surface area contributed by atoms with Gasteiger partial charge in [0.15, 0.2) is 0 Å². The summed E-state index contributed by atoms with van der Waals surface area (Å²) in [6, 6.07) is 0. The van der Waals surface area contributed by atoms with E-state index in [0.717, 1.165) is 10.6 Å². The first-order valence-electron chi connectivity index (χ1n) is 3.04. The van der Waals surface area contributed by atoms with E-state index in [1.807, 2.05) is 0 Å². The van der Waals surface area contributed by atoms with E-state index in [1.54, 1.807) is 0 Å². The first-order chi connectivity index (χ1) is 5.52. The summed E-state index contributed by atoms with van der Waals surface area (Å²) >= 11 is 11.1. The number of nitro groups is 1. The van der Waals surface area contributed by atoms with Crippen LogP contribution in [0, 0.1) is 15.5 Å². The number of alkyl halides is 1. The van der Waals surface area contributed by atoms with Crippen LogP contribution >= 0.6 is 23.4 Å². The van der Waals surface area contributed by atoms with Crippen molar-refractivity contribution < 1.29 is 4.92 Å². The molecule has 7 heteroatoms. The molecule has 1 heterocycles. The second-order valence-electron chi connectivity index (χ2n) is 2.23. The molecule has 0 aromatic rings. The number of halogens is 2. The van der Waals surface area contributed by atoms with Crippen molar-refractivity contribution in [3.8, 4) is 0 Å². The molecule has 0 saturated carbocycles. The molecule has 12 heavy (non-hydrogen) atoms. The van der Waals surface area contributed by atoms with Gasteiger partial charge in [-0.05, 0) is 0 Å². The molecule has 1 rings (SSSR count). The van der Waals surface area contributed by atoms with Crippen LogP contribution in [0.3, 0.4) is 0 Å². The van der Waals surface area contributed by atoms with Crippen LogP contribution in [0.4, 0.5) is 0 Å². The van der Waals surface area contributed by atoms with Gasteiger partial charge in [-0.1, -0.05) is 11.6 Å². The molecule has 0 saturated heterocycles. The molecule has 0 bridgehead atoms. The van der Waals surface area contributed by atoms with E-state index in [0.29, 0.717) is 0 Å². The van der Waals surface area contributed by atoms with Gasteiger partial charge in [0.25, 0.3) is 0 Å². The molecule has 0 aromatic heterocycles. The molecular weight excluding hydrogens is 205 g/mol. The number of allylic oxidation sites excluding steroid dienone is 1. The molecule has 66 valence electrons. The number of hydrogen-bond donors (Lipinski definition) is 1. The SMILES string of the molecule is N=C1CC(Cl)N(Cl)C=C1[N+](=O)[O-]. The first kappa shape index (κ1) is 9.28. The molecule has 1 N–H and O–H groups in total. The van der Waals surface area contributed by atoms with Gasteiger partial charge in [-0.15, -0.1) is 0 Å². The lowest BCUT2D eigenvalue weighted by Gasteiger charge is -2.21. The van der Waals surface area contributed by atoms with Gasteiger partial charge in [0.2, 0.25) is 0 Å². The third-order valence-corrected chi connectivity index (χ3v) is 2.19. The van der Waals surface area contributed by atoms with Crippen molar-refractivity contribution in [2.45, 2.75) is 11.9 Å². The van der Waals surface area contributed by atoms with Crippen molar-refractivity contribution >= 4 is 29.1 Å². The maximum Gasteiger partial charge on any atom is 0.307 e. The molecule has 0 aromatic carbocycles. The van der Waals surface area contributed by atoms with E-state index in [-0.39, 0.29) is 17.8 Å². The van der Waals surface area contributed by atoms with E-state index < -0.39 is 10.4 Å². The highest BCUT2D eigenvalue weighted by Crippen LogP contribution is 2.22. The summed E-state index contributed by atoms with van der Waals surface area (Å²) < 4.78 is 0.998. The van der Waals surface area contributed by atoms with Gasteiger partial charge >= 0.3 is 5.70 Å². The Bertz CT molecular complexity index is 265. The summed E-state index contributed by atoms with van der Waals surface area (Å²) in [7, 11) is 0. The molecule has 1 unspecified atom stereocenters. The van der Waals surface area contributed by atoms with Gasteiger partial charge in [0, 0.05) is 18.2 Å². The van der Waals surface area contributed by atoms with Gasteiger partial charge in [0.05, 0.1) is 11.1 Å². The Morgan fingerprint density at radius 3 is 2.92 bits per heavy atom. The fourth-order valence-corrected chi connectivity index (χ4v) is 1.17. The second-order valence-corrected chi connectivity index (χ2v) is 3.13. The summed E-state index contributed by atoms with van der Waals surface area (Å²) in [6.45, 7) is 0. The fraction of sp³-hybridized carbons (Fsp3) is 0.400. The van der Waals surface area contributed by atoms with Crippen molar-refractivity contribution in [2.24, 2.45) is 0 Å². The lowest BCUT2D eigenvalue weighted by atomic mass is 10.2. The smallest absolute Gasteiger partial charge is 0.298 e. The van der Waals surface area contributed by atoms with Crippen molar-refractivity contribution in [1.29, 1.82) is 5.41 Å². The first-order valence-corrected chi connectivity index (χ1v) is 3.82. The molecule has 0 spiro atoms. The van der Waals surface area contributed by atoms with Gasteiger partial charge in [-0.25, -0.2) is 0 Å². The van der Waals surface area contributed by atoms with Crippen LogP contribution in [0.15, 0.2) is 11.9 Å². The van der Waals surface area contributed by atoms with Gasteiger partial charge in [-0.2, -0.15) is 0 Å². The van der Waals surface area contributed by atoms with Gasteiger partial charge < -0.3 is 0 Å². The Kier molecular flexibility index (Phi) is 2.54. The molecule has 0 amide bonds. The molecular formula is C5H5Cl2N3O2. The van der Waals surface area contributed by atoms with E-state index in [9.17, 15) is 10.1 Å². The lowest BCUT2D eigenvalue weighted by Crippen LogP contribution is -2.29. The third-order valence-electron chi connectivity index (χ3n) is 1.39. The maximum atomic E-state index is 10.3. The summed E-state index contributed by atoms with van der Waals surface area (Å²) in [5, 5.41) is 17.5. The molecule has 0 aliphatic carbocycles. The summed E-state index contributed by atoms with van der Waals surface area (Å²) in [5.74, 6) is 0. The minimum absolute atomic E-state index is 0.0812. The summed E-state index contributed by atoms with van der Waals surface area (Å²) in [5.41, 5.74) is -0.985. The fourth-order valence-electron chi connectivity index (χ4n) is 0.793. The Balaban J connectivity index is 2.93. The second kappa shape index (κ2) is 3.28. The zero-order valence-corrected chi connectivity index (χ0v) is 7.34. The number of hydrogen-bond acceptors (Lipinski definition) is 4. The molecule has 5 nitrogen and oxygen atoms in total. The summed E-state index contributed by atoms with van der Waals surface area (Å²) in [6.07, 6.45) is 1.13. The minimum atomic E-state index is -0.652. The van der Waals surface area contributed by atoms with E-state index in [2.05, 4.69) is 0 Å². The van der Waals surface area contributed by atoms with Crippen molar-refractivity contribution in [3.05, 3.63) is 22.0 Å². The van der Waals surface area contributed by atoms with Crippen LogP contribution in [-0.2, 0) is 0 Å². The number of nitrogens with one attached hydrogen (secondary N) is 1. The van der Waals surface area contributed by atoms with Crippen LogP contribution in [-0.4, -0.2) is 20.6 Å². The van der Waals surface area contributed by atoms with E-state index in [1.165, 1.54) is 0 Å². The van der Waals surface area contributed by atoms with Crippen LogP contribution in [0.2, 0.25) is 0 Å². The Morgan fingerprint density at radius 1 is 1.83 bits per heavy atom. The van der Waals surface area contributed by atoms with Gasteiger partial charge in [-0.3, -0.25) is 19.9 Å². The third kappa shape index (κ3) is 1.67. The molecule has 1 atom stereocenters. The molecule has 0 fully saturated rings. The van der Waals surface area contributed by atoms with Crippen molar-refractivity contribution in [2.75, 3.05) is 0 Å². The average Bonchev–Trinajstić information content (AvgIpc) is 1.96. The highest BCUT2D eigenvalue weighted by Gasteiger charge is 2.29. The van der Waals surface area contributed by atoms with Crippen LogP contribution < -0.4 is 0 Å². The lowest BCUT2D eigenvalue weighted by molar-refractivity contribution is -0.416. The van der Waals surface area contributed by atoms with E-state index >= 15 is 0 Å². The largest absolute Gasteiger partial charge is 0.307 e.